The summed E-state index contributed by atoms with van der Waals surface area (Å²) < 4.78 is 0. The molecule has 0 amide bonds. The lowest BCUT2D eigenvalue weighted by molar-refractivity contribution is -0.142. The zero-order chi connectivity index (χ0) is 22.9. The Morgan fingerprint density at radius 1 is 1.16 bits per heavy atom. The lowest BCUT2D eigenvalue weighted by Gasteiger charge is -2.40. The molecule has 0 aromatic carbocycles. The first-order chi connectivity index (χ1) is 14.8. The molecule has 5 unspecified atom stereocenters. The Morgan fingerprint density at radius 3 is 2.45 bits per heavy atom. The summed E-state index contributed by atoms with van der Waals surface area (Å²) in [6.45, 7) is 5.05. The van der Waals surface area contributed by atoms with Crippen LogP contribution < -0.4 is 10.6 Å². The van der Waals surface area contributed by atoms with Crippen LogP contribution in [-0.4, -0.2) is 69.9 Å². The van der Waals surface area contributed by atoms with Crippen molar-refractivity contribution < 1.29 is 25.2 Å². The summed E-state index contributed by atoms with van der Waals surface area (Å²) >= 11 is 0. The molecule has 0 aromatic rings. The van der Waals surface area contributed by atoms with E-state index in [9.17, 15) is 20.1 Å². The van der Waals surface area contributed by atoms with Crippen molar-refractivity contribution in [2.24, 2.45) is 17.8 Å². The van der Waals surface area contributed by atoms with Crippen LogP contribution in [0.5, 0.6) is 0 Å². The van der Waals surface area contributed by atoms with Gasteiger partial charge in [0.2, 0.25) is 0 Å². The van der Waals surface area contributed by atoms with Crippen LogP contribution in [-0.2, 0) is 4.79 Å². The molecule has 6 N–H and O–H groups in total. The van der Waals surface area contributed by atoms with E-state index in [1.807, 2.05) is 6.92 Å². The Balaban J connectivity index is 1.72. The summed E-state index contributed by atoms with van der Waals surface area (Å²) in [4.78, 5) is 11.1. The Bertz CT molecular complexity index is 526. The molecule has 0 bridgehead atoms. The number of aliphatic hydroxyl groups excluding tert-OH is 2. The van der Waals surface area contributed by atoms with Gasteiger partial charge in [-0.05, 0) is 76.2 Å². The van der Waals surface area contributed by atoms with Crippen LogP contribution in [0.1, 0.15) is 84.5 Å². The van der Waals surface area contributed by atoms with E-state index in [4.69, 9.17) is 5.11 Å². The summed E-state index contributed by atoms with van der Waals surface area (Å²) in [7, 11) is 0. The summed E-state index contributed by atoms with van der Waals surface area (Å²) in [6, 6.07) is 0.724. The second-order valence-corrected chi connectivity index (χ2v) is 10.2. The summed E-state index contributed by atoms with van der Waals surface area (Å²) in [5, 5.41) is 46.3. The molecule has 2 rings (SSSR count). The maximum Gasteiger partial charge on any atom is 0.306 e. The van der Waals surface area contributed by atoms with Crippen LogP contribution in [0.4, 0.5) is 0 Å². The third-order valence-electron chi connectivity index (χ3n) is 7.73. The van der Waals surface area contributed by atoms with Gasteiger partial charge in [0.15, 0.2) is 0 Å². The lowest BCUT2D eigenvalue weighted by Crippen LogP contribution is -2.52. The minimum Gasteiger partial charge on any atom is -0.481 e. The standard InChI is InChI=1S/C24H46N2O5/c1-3-25-16-24(31,14-23(29)30)13-12-19(15-27)5-4-18-6-8-20(9-7-18)21-10-11-22(28)17(2)26-21/h17-22,25-28,31H,3-16H2,1-2H3,(H,29,30). The van der Waals surface area contributed by atoms with Gasteiger partial charge in [-0.2, -0.15) is 0 Å². The summed E-state index contributed by atoms with van der Waals surface area (Å²) in [6.07, 6.45) is 9.46. The highest BCUT2D eigenvalue weighted by Gasteiger charge is 2.33. The van der Waals surface area contributed by atoms with E-state index in [0.717, 1.165) is 25.7 Å². The number of hydrogen-bond donors (Lipinski definition) is 6. The number of rotatable bonds is 13. The van der Waals surface area contributed by atoms with Crippen molar-refractivity contribution in [2.45, 2.75) is 108 Å². The van der Waals surface area contributed by atoms with Crippen LogP contribution in [0.25, 0.3) is 0 Å². The number of carboxylic acids is 1. The van der Waals surface area contributed by atoms with Gasteiger partial charge < -0.3 is 31.1 Å². The monoisotopic (exact) mass is 442 g/mol. The Labute approximate surface area is 188 Å². The molecule has 0 aromatic heterocycles. The van der Waals surface area contributed by atoms with Crippen molar-refractivity contribution >= 4 is 5.97 Å². The Hall–Kier alpha value is -0.730. The van der Waals surface area contributed by atoms with Gasteiger partial charge in [-0.1, -0.05) is 26.2 Å². The molecule has 7 heteroatoms. The number of aliphatic hydroxyl groups is 3. The van der Waals surface area contributed by atoms with Crippen LogP contribution >= 0.6 is 0 Å². The molecule has 1 aliphatic carbocycles. The molecule has 2 fully saturated rings. The van der Waals surface area contributed by atoms with Crippen molar-refractivity contribution in [3.8, 4) is 0 Å². The van der Waals surface area contributed by atoms with Gasteiger partial charge in [-0.15, -0.1) is 0 Å². The molecule has 0 radical (unpaired) electrons. The smallest absolute Gasteiger partial charge is 0.306 e. The van der Waals surface area contributed by atoms with Crippen molar-refractivity contribution in [3.05, 3.63) is 0 Å². The number of piperidine rings is 1. The van der Waals surface area contributed by atoms with Gasteiger partial charge in [0.25, 0.3) is 0 Å². The summed E-state index contributed by atoms with van der Waals surface area (Å²) in [5.74, 6) is 0.518. The number of hydrogen-bond acceptors (Lipinski definition) is 6. The Morgan fingerprint density at radius 2 is 1.87 bits per heavy atom. The Kier molecular flexibility index (Phi) is 11.2. The van der Waals surface area contributed by atoms with Gasteiger partial charge >= 0.3 is 5.97 Å². The van der Waals surface area contributed by atoms with E-state index in [1.165, 1.54) is 25.7 Å². The SMILES string of the molecule is CCNCC(O)(CCC(CO)CCC1CCC(C2CCC(O)C(C)N2)CC1)CC(=O)O. The molecule has 5 atom stereocenters. The minimum absolute atomic E-state index is 0.0892. The van der Waals surface area contributed by atoms with Gasteiger partial charge in [-0.25, -0.2) is 0 Å². The first-order valence-corrected chi connectivity index (χ1v) is 12.5. The number of nitrogens with one attached hydrogen (secondary N) is 2. The van der Waals surface area contributed by atoms with Gasteiger partial charge in [0.1, 0.15) is 0 Å². The minimum atomic E-state index is -1.26. The van der Waals surface area contributed by atoms with Gasteiger partial charge in [0.05, 0.1) is 18.1 Å². The maximum absolute atomic E-state index is 11.1. The van der Waals surface area contributed by atoms with Crippen molar-refractivity contribution in [1.29, 1.82) is 0 Å². The quantitative estimate of drug-likeness (QED) is 0.259. The van der Waals surface area contributed by atoms with Crippen molar-refractivity contribution in [1.82, 2.24) is 10.6 Å². The third-order valence-corrected chi connectivity index (χ3v) is 7.73. The predicted octanol–water partition coefficient (Wildman–Crippen LogP) is 2.28. The number of carbonyl (C=O) groups is 1. The van der Waals surface area contributed by atoms with Crippen LogP contribution in [0.15, 0.2) is 0 Å². The van der Waals surface area contributed by atoms with Crippen molar-refractivity contribution in [3.63, 3.8) is 0 Å². The average molecular weight is 443 g/mol. The molecule has 1 saturated heterocycles. The molecule has 1 heterocycles. The van der Waals surface area contributed by atoms with E-state index < -0.39 is 11.6 Å². The zero-order valence-electron chi connectivity index (χ0n) is 19.6. The molecule has 7 nitrogen and oxygen atoms in total. The van der Waals surface area contributed by atoms with Gasteiger partial charge in [0, 0.05) is 25.2 Å². The normalized spacial score (nSPS) is 32.4. The van der Waals surface area contributed by atoms with Crippen molar-refractivity contribution in [2.75, 3.05) is 19.7 Å². The fourth-order valence-corrected chi connectivity index (χ4v) is 5.53. The number of aliphatic carboxylic acids is 1. The fraction of sp³-hybridized carbons (Fsp3) is 0.958. The number of carboxylic acid groups (broad SMARTS) is 1. The molecular weight excluding hydrogens is 396 g/mol. The average Bonchev–Trinajstić information content (AvgIpc) is 2.74. The largest absolute Gasteiger partial charge is 0.481 e. The summed E-state index contributed by atoms with van der Waals surface area (Å²) in [5.41, 5.74) is -1.26. The second-order valence-electron chi connectivity index (χ2n) is 10.2. The highest BCUT2D eigenvalue weighted by molar-refractivity contribution is 5.68. The van der Waals surface area contributed by atoms with Crippen LogP contribution in [0.3, 0.4) is 0 Å². The second kappa shape index (κ2) is 13.1. The fourth-order valence-electron chi connectivity index (χ4n) is 5.53. The highest BCUT2D eigenvalue weighted by atomic mass is 16.4. The first-order valence-electron chi connectivity index (χ1n) is 12.5. The molecule has 2 aliphatic rings. The maximum atomic E-state index is 11.1. The molecule has 31 heavy (non-hydrogen) atoms. The van der Waals surface area contributed by atoms with E-state index >= 15 is 0 Å². The topological polar surface area (TPSA) is 122 Å². The predicted molar refractivity (Wildman–Crippen MR) is 122 cm³/mol. The van der Waals surface area contributed by atoms with Crippen LogP contribution in [0, 0.1) is 17.8 Å². The third kappa shape index (κ3) is 8.97. The molecule has 0 spiro atoms. The van der Waals surface area contributed by atoms with Crippen LogP contribution in [0.2, 0.25) is 0 Å². The molecule has 1 aliphatic heterocycles. The number of likely N-dealkylation sites (N-methyl/N-ethyl adjacent to an activating group) is 1. The highest BCUT2D eigenvalue weighted by Crippen LogP contribution is 2.37. The molecular formula is C24H46N2O5. The van der Waals surface area contributed by atoms with E-state index in [1.54, 1.807) is 0 Å². The van der Waals surface area contributed by atoms with E-state index in [0.29, 0.717) is 37.3 Å². The molecule has 182 valence electrons. The van der Waals surface area contributed by atoms with E-state index in [2.05, 4.69) is 17.6 Å². The van der Waals surface area contributed by atoms with E-state index in [-0.39, 0.29) is 37.6 Å². The first kappa shape index (κ1) is 26.5. The van der Waals surface area contributed by atoms with Gasteiger partial charge in [-0.3, -0.25) is 4.79 Å². The zero-order valence-corrected chi connectivity index (χ0v) is 19.6. The molecule has 1 saturated carbocycles. The lowest BCUT2D eigenvalue weighted by atomic mass is 9.74.